The minimum Gasteiger partial charge on any atom is -0.489 e. The van der Waals surface area contributed by atoms with Gasteiger partial charge >= 0.3 is 0 Å². The molecule has 0 aliphatic carbocycles. The number of para-hydroxylation sites is 1. The Kier molecular flexibility index (Phi) is 9.86. The highest BCUT2D eigenvalue weighted by molar-refractivity contribution is 6.32. The molecule has 2 heterocycles. The zero-order chi connectivity index (χ0) is 29.6. The molecule has 1 aliphatic heterocycles. The third kappa shape index (κ3) is 7.35. The highest BCUT2D eigenvalue weighted by Gasteiger charge is 2.52. The number of ether oxygens (including phenoxy) is 1. The zero-order valence-corrected chi connectivity index (χ0v) is 24.3. The maximum absolute atomic E-state index is 14.1. The third-order valence-corrected chi connectivity index (χ3v) is 7.48. The molecule has 3 amide bonds. The zero-order valence-electron chi connectivity index (χ0n) is 22.8. The number of pyridine rings is 1. The van der Waals surface area contributed by atoms with Gasteiger partial charge < -0.3 is 15.0 Å². The number of anilines is 1. The molecule has 1 fully saturated rings. The predicted molar refractivity (Wildman–Crippen MR) is 156 cm³/mol. The largest absolute Gasteiger partial charge is 0.489 e. The number of carbonyl (C=O) groups excluding carboxylic acids is 3. The number of likely N-dealkylation sites (tertiary alicyclic amines) is 1. The minimum absolute atomic E-state index is 0.0862. The quantitative estimate of drug-likeness (QED) is 0.155. The number of hydrogen-bond acceptors (Lipinski definition) is 6. The maximum Gasteiger partial charge on any atom is 0.266 e. The van der Waals surface area contributed by atoms with E-state index in [0.29, 0.717) is 29.8 Å². The van der Waals surface area contributed by atoms with Crippen molar-refractivity contribution in [2.75, 3.05) is 11.9 Å². The lowest BCUT2D eigenvalue weighted by atomic mass is 9.75. The van der Waals surface area contributed by atoms with Crippen molar-refractivity contribution in [2.24, 2.45) is 5.92 Å². The van der Waals surface area contributed by atoms with Gasteiger partial charge in [-0.3, -0.25) is 19.6 Å². The molecule has 1 aliphatic rings. The van der Waals surface area contributed by atoms with E-state index in [1.807, 2.05) is 32.0 Å². The number of carbonyl (C=O) groups is 3. The van der Waals surface area contributed by atoms with Crippen LogP contribution in [-0.4, -0.2) is 45.4 Å². The molecule has 0 saturated carbocycles. The number of benzene rings is 2. The van der Waals surface area contributed by atoms with Crippen LogP contribution < -0.4 is 15.5 Å². The third-order valence-electron chi connectivity index (χ3n) is 7.09. The van der Waals surface area contributed by atoms with Crippen molar-refractivity contribution in [3.8, 4) is 5.75 Å². The average Bonchev–Trinajstić information content (AvgIpc) is 3.26. The highest BCUT2D eigenvalue weighted by Crippen LogP contribution is 2.41. The normalized spacial score (nSPS) is 17.4. The Balaban J connectivity index is 1.61. The SMILES string of the molecule is CC(C)CC(C(=O)NO)N1CCC(CC(=O)Nc2ccccc2)(c2ccc(OCc3cc(Cl)nc(Cl)c3)cc2)C1=O. The summed E-state index contributed by atoms with van der Waals surface area (Å²) in [6.07, 6.45) is 0.552. The summed E-state index contributed by atoms with van der Waals surface area (Å²) in [7, 11) is 0. The average molecular weight is 600 g/mol. The van der Waals surface area contributed by atoms with Gasteiger partial charge in [0.1, 0.15) is 28.7 Å². The van der Waals surface area contributed by atoms with Crippen molar-refractivity contribution in [1.82, 2.24) is 15.4 Å². The maximum atomic E-state index is 14.1. The molecule has 1 aromatic heterocycles. The van der Waals surface area contributed by atoms with Gasteiger partial charge in [-0.2, -0.15) is 0 Å². The molecule has 41 heavy (non-hydrogen) atoms. The fourth-order valence-electron chi connectivity index (χ4n) is 5.16. The summed E-state index contributed by atoms with van der Waals surface area (Å²) < 4.78 is 5.89. The number of nitrogens with zero attached hydrogens (tertiary/aromatic N) is 2. The Hall–Kier alpha value is -3.66. The van der Waals surface area contributed by atoms with E-state index in [1.54, 1.807) is 54.0 Å². The number of halogens is 2. The topological polar surface area (TPSA) is 121 Å². The van der Waals surface area contributed by atoms with E-state index in [9.17, 15) is 19.6 Å². The van der Waals surface area contributed by atoms with Crippen LogP contribution in [0.15, 0.2) is 66.7 Å². The Morgan fingerprint density at radius 1 is 1.07 bits per heavy atom. The van der Waals surface area contributed by atoms with Crippen LogP contribution in [0.25, 0.3) is 0 Å². The molecule has 3 aromatic rings. The van der Waals surface area contributed by atoms with Gasteiger partial charge in [-0.1, -0.05) is 67.4 Å². The van der Waals surface area contributed by atoms with Crippen LogP contribution in [0.5, 0.6) is 5.75 Å². The first-order valence-corrected chi connectivity index (χ1v) is 14.0. The van der Waals surface area contributed by atoms with E-state index in [-0.39, 0.29) is 47.6 Å². The first-order valence-electron chi connectivity index (χ1n) is 13.3. The van der Waals surface area contributed by atoms with Gasteiger partial charge in [0.25, 0.3) is 5.91 Å². The van der Waals surface area contributed by atoms with E-state index in [4.69, 9.17) is 27.9 Å². The Morgan fingerprint density at radius 2 is 1.73 bits per heavy atom. The van der Waals surface area contributed by atoms with E-state index >= 15 is 0 Å². The number of hydrogen-bond donors (Lipinski definition) is 3. The summed E-state index contributed by atoms with van der Waals surface area (Å²) in [5.41, 5.74) is 2.48. The number of nitrogens with one attached hydrogen (secondary N) is 2. The minimum atomic E-state index is -1.21. The van der Waals surface area contributed by atoms with Crippen LogP contribution in [0, 0.1) is 5.92 Å². The van der Waals surface area contributed by atoms with Gasteiger partial charge in [0.15, 0.2) is 0 Å². The second-order valence-corrected chi connectivity index (χ2v) is 11.3. The van der Waals surface area contributed by atoms with Gasteiger partial charge in [-0.25, -0.2) is 10.5 Å². The van der Waals surface area contributed by atoms with Crippen molar-refractivity contribution in [3.63, 3.8) is 0 Å². The highest BCUT2D eigenvalue weighted by atomic mass is 35.5. The number of aromatic nitrogens is 1. The summed E-state index contributed by atoms with van der Waals surface area (Å²) in [6.45, 7) is 4.33. The Bertz CT molecular complexity index is 1370. The molecule has 11 heteroatoms. The van der Waals surface area contributed by atoms with Crippen molar-refractivity contribution in [1.29, 1.82) is 0 Å². The van der Waals surface area contributed by atoms with Gasteiger partial charge in [-0.05, 0) is 66.3 Å². The van der Waals surface area contributed by atoms with E-state index in [1.165, 1.54) is 4.90 Å². The number of hydroxylamine groups is 1. The molecule has 216 valence electrons. The monoisotopic (exact) mass is 598 g/mol. The summed E-state index contributed by atoms with van der Waals surface area (Å²) in [5, 5.41) is 12.8. The lowest BCUT2D eigenvalue weighted by Gasteiger charge is -2.32. The molecule has 2 atom stereocenters. The standard InChI is InChI=1S/C30H32Cl2N4O5/c1-19(2)14-24(28(38)35-40)36-13-12-30(29(36)39,17-27(37)33-22-6-4-3-5-7-22)21-8-10-23(11-9-21)41-18-20-15-25(31)34-26(32)16-20/h3-11,15-16,19,24,40H,12-14,17-18H2,1-2H3,(H,33,37)(H,35,38). The molecule has 9 nitrogen and oxygen atoms in total. The molecule has 0 spiro atoms. The first kappa shape index (κ1) is 30.3. The number of amides is 3. The van der Waals surface area contributed by atoms with Crippen LogP contribution in [0.2, 0.25) is 10.3 Å². The summed E-state index contributed by atoms with van der Waals surface area (Å²) in [4.78, 5) is 45.4. The van der Waals surface area contributed by atoms with Crippen molar-refractivity contribution in [3.05, 3.63) is 88.2 Å². The second-order valence-electron chi connectivity index (χ2n) is 10.5. The fraction of sp³-hybridized carbons (Fsp3) is 0.333. The Morgan fingerprint density at radius 3 is 2.34 bits per heavy atom. The van der Waals surface area contributed by atoms with Crippen molar-refractivity contribution < 1.29 is 24.3 Å². The van der Waals surface area contributed by atoms with Crippen LogP contribution in [0.4, 0.5) is 5.69 Å². The van der Waals surface area contributed by atoms with Gasteiger partial charge in [-0.15, -0.1) is 0 Å². The summed E-state index contributed by atoms with van der Waals surface area (Å²) >= 11 is 12.0. The van der Waals surface area contributed by atoms with E-state index < -0.39 is 17.4 Å². The van der Waals surface area contributed by atoms with Crippen LogP contribution in [-0.2, 0) is 26.4 Å². The van der Waals surface area contributed by atoms with Crippen molar-refractivity contribution >= 4 is 46.6 Å². The molecular formula is C30H32Cl2N4O5. The fourth-order valence-corrected chi connectivity index (χ4v) is 5.66. The van der Waals surface area contributed by atoms with Crippen molar-refractivity contribution in [2.45, 2.75) is 51.2 Å². The molecule has 0 bridgehead atoms. The smallest absolute Gasteiger partial charge is 0.266 e. The molecule has 2 aromatic carbocycles. The summed E-state index contributed by atoms with van der Waals surface area (Å²) in [6, 6.07) is 18.5. The van der Waals surface area contributed by atoms with Crippen LogP contribution in [0.1, 0.15) is 44.2 Å². The van der Waals surface area contributed by atoms with E-state index in [0.717, 1.165) is 5.56 Å². The number of rotatable bonds is 11. The molecule has 1 saturated heterocycles. The Labute approximate surface area is 248 Å². The second kappa shape index (κ2) is 13.3. The van der Waals surface area contributed by atoms with Crippen LogP contribution in [0.3, 0.4) is 0 Å². The van der Waals surface area contributed by atoms with Gasteiger partial charge in [0.2, 0.25) is 11.8 Å². The van der Waals surface area contributed by atoms with Crippen LogP contribution >= 0.6 is 23.2 Å². The molecule has 3 N–H and O–H groups in total. The van der Waals surface area contributed by atoms with Gasteiger partial charge in [0, 0.05) is 18.7 Å². The lowest BCUT2D eigenvalue weighted by molar-refractivity contribution is -0.145. The molecule has 0 radical (unpaired) electrons. The molecule has 2 unspecified atom stereocenters. The first-order chi connectivity index (χ1) is 19.6. The van der Waals surface area contributed by atoms with E-state index in [2.05, 4.69) is 10.3 Å². The predicted octanol–water partition coefficient (Wildman–Crippen LogP) is 5.39. The van der Waals surface area contributed by atoms with Gasteiger partial charge in [0.05, 0.1) is 5.41 Å². The molecular weight excluding hydrogens is 567 g/mol. The molecule has 4 rings (SSSR count). The summed E-state index contributed by atoms with van der Waals surface area (Å²) in [5.74, 6) is -0.698. The lowest BCUT2D eigenvalue weighted by Crippen LogP contribution is -2.50.